The third-order valence-corrected chi connectivity index (χ3v) is 3.63. The summed E-state index contributed by atoms with van der Waals surface area (Å²) in [5, 5.41) is 6.93. The topological polar surface area (TPSA) is 48.8 Å². The van der Waals surface area contributed by atoms with Gasteiger partial charge in [0.1, 0.15) is 0 Å². The molecule has 0 saturated carbocycles. The highest BCUT2D eigenvalue weighted by Gasteiger charge is 2.09. The van der Waals surface area contributed by atoms with Crippen LogP contribution in [0, 0.1) is 0 Å². The molecule has 2 aliphatic rings. The molecule has 0 aromatic carbocycles. The van der Waals surface area contributed by atoms with Crippen LogP contribution in [-0.4, -0.2) is 50.7 Å². The van der Waals surface area contributed by atoms with Gasteiger partial charge in [0.2, 0.25) is 0 Å². The molecule has 2 rings (SSSR count). The zero-order chi connectivity index (χ0) is 12.5. The highest BCUT2D eigenvalue weighted by molar-refractivity contribution is 5.65. The maximum atomic E-state index is 4.46. The molecule has 0 amide bonds. The molecule has 102 valence electrons. The minimum absolute atomic E-state index is 0.503. The molecule has 18 heavy (non-hydrogen) atoms. The largest absolute Gasteiger partial charge is 0.309 e. The van der Waals surface area contributed by atoms with Gasteiger partial charge in [-0.2, -0.15) is 0 Å². The molecular formula is C14H26N4. The second kappa shape index (κ2) is 8.38. The van der Waals surface area contributed by atoms with Gasteiger partial charge in [-0.25, -0.2) is 0 Å². The first-order chi connectivity index (χ1) is 8.95. The minimum Gasteiger partial charge on any atom is -0.309 e. The van der Waals surface area contributed by atoms with Gasteiger partial charge in [0.15, 0.2) is 0 Å². The van der Waals surface area contributed by atoms with Crippen LogP contribution in [0.1, 0.15) is 38.5 Å². The van der Waals surface area contributed by atoms with Crippen LogP contribution in [0.3, 0.4) is 0 Å². The summed E-state index contributed by atoms with van der Waals surface area (Å²) in [5.41, 5.74) is 0. The first-order valence-corrected chi connectivity index (χ1v) is 7.42. The van der Waals surface area contributed by atoms with Crippen molar-refractivity contribution in [1.82, 2.24) is 10.6 Å². The molecule has 2 heterocycles. The number of hydrogen-bond acceptors (Lipinski definition) is 4. The van der Waals surface area contributed by atoms with Crippen molar-refractivity contribution in [2.45, 2.75) is 50.6 Å². The Morgan fingerprint density at radius 2 is 1.28 bits per heavy atom. The molecular weight excluding hydrogens is 224 g/mol. The van der Waals surface area contributed by atoms with Gasteiger partial charge in [0, 0.05) is 24.5 Å². The summed E-state index contributed by atoms with van der Waals surface area (Å²) in [4.78, 5) is 8.91. The van der Waals surface area contributed by atoms with Gasteiger partial charge >= 0.3 is 0 Å². The van der Waals surface area contributed by atoms with Crippen LogP contribution in [0.25, 0.3) is 0 Å². The summed E-state index contributed by atoms with van der Waals surface area (Å²) in [6, 6.07) is 1.01. The molecule has 2 saturated heterocycles. The molecule has 2 atom stereocenters. The second-order valence-electron chi connectivity index (χ2n) is 5.22. The van der Waals surface area contributed by atoms with Gasteiger partial charge in [-0.15, -0.1) is 0 Å². The van der Waals surface area contributed by atoms with Crippen molar-refractivity contribution in [3.63, 3.8) is 0 Å². The second-order valence-corrected chi connectivity index (χ2v) is 5.22. The van der Waals surface area contributed by atoms with E-state index in [1.165, 1.54) is 38.5 Å². The number of aliphatic imine (C=N–C) groups is 2. The third kappa shape index (κ3) is 5.27. The first-order valence-electron chi connectivity index (χ1n) is 7.42. The number of piperidine rings is 2. The molecule has 0 bridgehead atoms. The molecule has 4 heteroatoms. The van der Waals surface area contributed by atoms with E-state index in [0.717, 1.165) is 26.2 Å². The molecule has 0 aromatic heterocycles. The lowest BCUT2D eigenvalue weighted by molar-refractivity contribution is 0.475. The Labute approximate surface area is 110 Å². The predicted molar refractivity (Wildman–Crippen MR) is 78.0 cm³/mol. The lowest BCUT2D eigenvalue weighted by atomic mass is 10.1. The van der Waals surface area contributed by atoms with E-state index in [2.05, 4.69) is 33.0 Å². The van der Waals surface area contributed by atoms with Crippen molar-refractivity contribution in [1.29, 1.82) is 0 Å². The van der Waals surface area contributed by atoms with Gasteiger partial charge in [-0.1, -0.05) is 12.8 Å². The summed E-state index contributed by atoms with van der Waals surface area (Å²) < 4.78 is 0. The minimum atomic E-state index is 0.503. The highest BCUT2D eigenvalue weighted by atomic mass is 14.9. The molecule has 2 N–H and O–H groups in total. The van der Waals surface area contributed by atoms with Crippen LogP contribution in [0.15, 0.2) is 9.98 Å². The van der Waals surface area contributed by atoms with E-state index in [0.29, 0.717) is 12.1 Å². The third-order valence-electron chi connectivity index (χ3n) is 3.63. The summed E-state index contributed by atoms with van der Waals surface area (Å²) in [5.74, 6) is 0. The quantitative estimate of drug-likeness (QED) is 0.572. The van der Waals surface area contributed by atoms with Crippen LogP contribution in [0.2, 0.25) is 0 Å². The summed E-state index contributed by atoms with van der Waals surface area (Å²) in [7, 11) is 0. The molecule has 0 spiro atoms. The number of nitrogens with one attached hydrogen (secondary N) is 2. The Morgan fingerprint density at radius 3 is 1.67 bits per heavy atom. The SMILES string of the molecule is C(=NCCN=CC1CCCCN1)C1CCCCN1. The molecule has 4 nitrogen and oxygen atoms in total. The Balaban J connectivity index is 1.54. The van der Waals surface area contributed by atoms with Crippen LogP contribution in [0.4, 0.5) is 0 Å². The molecule has 0 aromatic rings. The van der Waals surface area contributed by atoms with Gasteiger partial charge in [0.05, 0.1) is 13.1 Å². The molecule has 2 aliphatic heterocycles. The fourth-order valence-electron chi connectivity index (χ4n) is 2.53. The van der Waals surface area contributed by atoms with Crippen molar-refractivity contribution in [2.75, 3.05) is 26.2 Å². The van der Waals surface area contributed by atoms with E-state index in [9.17, 15) is 0 Å². The zero-order valence-electron chi connectivity index (χ0n) is 11.3. The molecule has 2 unspecified atom stereocenters. The van der Waals surface area contributed by atoms with E-state index in [-0.39, 0.29) is 0 Å². The lowest BCUT2D eigenvalue weighted by Gasteiger charge is -2.19. The van der Waals surface area contributed by atoms with E-state index in [1.54, 1.807) is 0 Å². The number of hydrogen-bond donors (Lipinski definition) is 2. The monoisotopic (exact) mass is 250 g/mol. The average molecular weight is 250 g/mol. The number of nitrogens with zero attached hydrogens (tertiary/aromatic N) is 2. The Hall–Kier alpha value is -0.740. The van der Waals surface area contributed by atoms with Gasteiger partial charge < -0.3 is 10.6 Å². The predicted octanol–water partition coefficient (Wildman–Crippen LogP) is 1.41. The smallest absolute Gasteiger partial charge is 0.0581 e. The Bertz CT molecular complexity index is 235. The maximum absolute atomic E-state index is 4.46. The van der Waals surface area contributed by atoms with Crippen molar-refractivity contribution in [3.05, 3.63) is 0 Å². The van der Waals surface area contributed by atoms with E-state index in [4.69, 9.17) is 0 Å². The van der Waals surface area contributed by atoms with Crippen LogP contribution < -0.4 is 10.6 Å². The zero-order valence-corrected chi connectivity index (χ0v) is 11.3. The van der Waals surface area contributed by atoms with Crippen LogP contribution in [0.5, 0.6) is 0 Å². The first kappa shape index (κ1) is 13.7. The van der Waals surface area contributed by atoms with E-state index in [1.807, 2.05) is 0 Å². The summed E-state index contributed by atoms with van der Waals surface area (Å²) >= 11 is 0. The summed E-state index contributed by atoms with van der Waals surface area (Å²) in [6.07, 6.45) is 11.9. The van der Waals surface area contributed by atoms with Gasteiger partial charge in [-0.3, -0.25) is 9.98 Å². The van der Waals surface area contributed by atoms with Crippen molar-refractivity contribution in [3.8, 4) is 0 Å². The standard InChI is InChI=1S/C14H26N4/c1-3-7-17-13(5-1)11-15-9-10-16-12-14-6-2-4-8-18-14/h11-14,17-18H,1-10H2. The van der Waals surface area contributed by atoms with Crippen LogP contribution in [-0.2, 0) is 0 Å². The van der Waals surface area contributed by atoms with E-state index < -0.39 is 0 Å². The highest BCUT2D eigenvalue weighted by Crippen LogP contribution is 2.05. The number of rotatable bonds is 5. The summed E-state index contributed by atoms with van der Waals surface area (Å²) in [6.45, 7) is 3.92. The van der Waals surface area contributed by atoms with Crippen molar-refractivity contribution < 1.29 is 0 Å². The maximum Gasteiger partial charge on any atom is 0.0581 e. The lowest BCUT2D eigenvalue weighted by Crippen LogP contribution is -2.35. The average Bonchev–Trinajstić information content (AvgIpc) is 2.45. The van der Waals surface area contributed by atoms with Gasteiger partial charge in [-0.05, 0) is 38.8 Å². The Kier molecular flexibility index (Phi) is 6.37. The van der Waals surface area contributed by atoms with Crippen LogP contribution >= 0.6 is 0 Å². The fourth-order valence-corrected chi connectivity index (χ4v) is 2.53. The van der Waals surface area contributed by atoms with Gasteiger partial charge in [0.25, 0.3) is 0 Å². The van der Waals surface area contributed by atoms with E-state index >= 15 is 0 Å². The van der Waals surface area contributed by atoms with Crippen molar-refractivity contribution >= 4 is 12.4 Å². The molecule has 0 radical (unpaired) electrons. The molecule has 2 fully saturated rings. The van der Waals surface area contributed by atoms with Crippen molar-refractivity contribution in [2.24, 2.45) is 9.98 Å². The fraction of sp³-hybridized carbons (Fsp3) is 0.857. The Morgan fingerprint density at radius 1 is 0.778 bits per heavy atom. The normalized spacial score (nSPS) is 30.2. The molecule has 0 aliphatic carbocycles.